The van der Waals surface area contributed by atoms with Gasteiger partial charge in [-0.25, -0.2) is 0 Å². The third-order valence-corrected chi connectivity index (χ3v) is 4.85. The van der Waals surface area contributed by atoms with Crippen molar-refractivity contribution in [1.82, 2.24) is 10.6 Å². The lowest BCUT2D eigenvalue weighted by molar-refractivity contribution is 0.544. The molecule has 0 aliphatic rings. The van der Waals surface area contributed by atoms with Gasteiger partial charge in [0.1, 0.15) is 11.3 Å². The number of furan rings is 1. The van der Waals surface area contributed by atoms with Crippen molar-refractivity contribution in [2.45, 2.75) is 25.0 Å². The van der Waals surface area contributed by atoms with Crippen molar-refractivity contribution in [3.63, 3.8) is 0 Å². The molecule has 23 heavy (non-hydrogen) atoms. The maximum absolute atomic E-state index is 5.81. The van der Waals surface area contributed by atoms with E-state index in [4.69, 9.17) is 4.42 Å². The van der Waals surface area contributed by atoms with Gasteiger partial charge in [-0.2, -0.15) is 11.8 Å². The Hall–Kier alpha value is -0.890. The number of para-hydroxylation sites is 1. The average molecular weight is 447 g/mol. The Labute approximate surface area is 159 Å². The van der Waals surface area contributed by atoms with Gasteiger partial charge in [0.25, 0.3) is 0 Å². The standard InChI is InChI=1S/C17H25N3OS.HI/c1-17(2,22-4)12-20-16(18-3)19-10-9-14-11-13-7-5-6-8-15(13)21-14;/h5-8,11H,9-10,12H2,1-4H3,(H2,18,19,20);1H. The molecule has 1 heterocycles. The van der Waals surface area contributed by atoms with Crippen molar-refractivity contribution >= 4 is 52.7 Å². The van der Waals surface area contributed by atoms with Gasteiger partial charge in [0.15, 0.2) is 5.96 Å². The first-order valence-electron chi connectivity index (χ1n) is 7.51. The van der Waals surface area contributed by atoms with E-state index in [9.17, 15) is 0 Å². The molecule has 0 saturated carbocycles. The Kier molecular flexibility index (Phi) is 8.25. The Balaban J connectivity index is 0.00000264. The van der Waals surface area contributed by atoms with E-state index in [1.165, 1.54) is 0 Å². The van der Waals surface area contributed by atoms with Gasteiger partial charge in [-0.05, 0) is 32.2 Å². The van der Waals surface area contributed by atoms with Crippen molar-refractivity contribution in [2.75, 3.05) is 26.4 Å². The lowest BCUT2D eigenvalue weighted by atomic mass is 10.2. The van der Waals surface area contributed by atoms with E-state index in [-0.39, 0.29) is 28.7 Å². The predicted octanol–water partition coefficient (Wildman–Crippen LogP) is 3.90. The zero-order chi connectivity index (χ0) is 16.0. The highest BCUT2D eigenvalue weighted by molar-refractivity contribution is 14.0. The van der Waals surface area contributed by atoms with Gasteiger partial charge in [-0.15, -0.1) is 24.0 Å². The van der Waals surface area contributed by atoms with Crippen LogP contribution in [0, 0.1) is 0 Å². The van der Waals surface area contributed by atoms with Crippen LogP contribution in [0.15, 0.2) is 39.7 Å². The topological polar surface area (TPSA) is 49.6 Å². The number of nitrogens with zero attached hydrogens (tertiary/aromatic N) is 1. The fraction of sp³-hybridized carbons (Fsp3) is 0.471. The van der Waals surface area contributed by atoms with Crippen molar-refractivity contribution in [1.29, 1.82) is 0 Å². The first-order chi connectivity index (χ1) is 10.5. The summed E-state index contributed by atoms with van der Waals surface area (Å²) >= 11 is 1.84. The number of guanidine groups is 1. The molecular weight excluding hydrogens is 421 g/mol. The maximum Gasteiger partial charge on any atom is 0.191 e. The van der Waals surface area contributed by atoms with E-state index in [0.29, 0.717) is 0 Å². The number of halogens is 1. The minimum Gasteiger partial charge on any atom is -0.461 e. The van der Waals surface area contributed by atoms with Crippen LogP contribution in [0.2, 0.25) is 0 Å². The van der Waals surface area contributed by atoms with Gasteiger partial charge in [-0.1, -0.05) is 18.2 Å². The number of hydrogen-bond donors (Lipinski definition) is 2. The van der Waals surface area contributed by atoms with Gasteiger partial charge in [0.05, 0.1) is 0 Å². The maximum atomic E-state index is 5.81. The van der Waals surface area contributed by atoms with Gasteiger partial charge in [-0.3, -0.25) is 4.99 Å². The quantitative estimate of drug-likeness (QED) is 0.401. The van der Waals surface area contributed by atoms with Crippen LogP contribution in [0.4, 0.5) is 0 Å². The number of rotatable bonds is 6. The Morgan fingerprint density at radius 3 is 2.65 bits per heavy atom. The highest BCUT2D eigenvalue weighted by Crippen LogP contribution is 2.20. The van der Waals surface area contributed by atoms with Crippen LogP contribution in [-0.2, 0) is 6.42 Å². The van der Waals surface area contributed by atoms with E-state index in [2.05, 4.69) is 47.9 Å². The van der Waals surface area contributed by atoms with E-state index in [0.717, 1.165) is 42.2 Å². The summed E-state index contributed by atoms with van der Waals surface area (Å²) in [4.78, 5) is 4.25. The van der Waals surface area contributed by atoms with Crippen LogP contribution in [-0.4, -0.2) is 37.1 Å². The van der Waals surface area contributed by atoms with Crippen molar-refractivity contribution < 1.29 is 4.42 Å². The summed E-state index contributed by atoms with van der Waals surface area (Å²) in [6, 6.07) is 10.2. The van der Waals surface area contributed by atoms with Gasteiger partial charge in [0, 0.05) is 36.7 Å². The molecule has 128 valence electrons. The predicted molar refractivity (Wildman–Crippen MR) is 112 cm³/mol. The van der Waals surface area contributed by atoms with Gasteiger partial charge < -0.3 is 15.1 Å². The molecule has 0 saturated heterocycles. The van der Waals surface area contributed by atoms with Gasteiger partial charge in [0.2, 0.25) is 0 Å². The molecule has 2 aromatic rings. The number of thioether (sulfide) groups is 1. The highest BCUT2D eigenvalue weighted by atomic mass is 127. The molecule has 0 spiro atoms. The molecule has 0 radical (unpaired) electrons. The molecule has 0 atom stereocenters. The van der Waals surface area contributed by atoms with E-state index >= 15 is 0 Å². The minimum absolute atomic E-state index is 0. The number of aliphatic imine (C=N–C) groups is 1. The Morgan fingerprint density at radius 2 is 2.00 bits per heavy atom. The summed E-state index contributed by atoms with van der Waals surface area (Å²) in [7, 11) is 1.79. The smallest absolute Gasteiger partial charge is 0.191 e. The third kappa shape index (κ3) is 6.25. The van der Waals surface area contributed by atoms with E-state index in [1.807, 2.05) is 30.0 Å². The molecule has 0 unspecified atom stereocenters. The molecule has 2 rings (SSSR count). The third-order valence-electron chi connectivity index (χ3n) is 3.60. The Bertz CT molecular complexity index is 607. The van der Waals surface area contributed by atoms with Gasteiger partial charge >= 0.3 is 0 Å². The summed E-state index contributed by atoms with van der Waals surface area (Å²) in [6.45, 7) is 6.09. The Morgan fingerprint density at radius 1 is 1.26 bits per heavy atom. The molecular formula is C17H26IN3OS. The normalized spacial score (nSPS) is 12.1. The average Bonchev–Trinajstić information content (AvgIpc) is 2.93. The lowest BCUT2D eigenvalue weighted by Crippen LogP contribution is -2.43. The number of hydrogen-bond acceptors (Lipinski definition) is 3. The second-order valence-corrected chi connectivity index (χ2v) is 7.33. The molecule has 1 aromatic heterocycles. The summed E-state index contributed by atoms with van der Waals surface area (Å²) in [5, 5.41) is 7.84. The number of benzene rings is 1. The second kappa shape index (κ2) is 9.42. The molecule has 0 aliphatic heterocycles. The summed E-state index contributed by atoms with van der Waals surface area (Å²) in [5.74, 6) is 1.83. The SMILES string of the molecule is CN=C(NCCc1cc2ccccc2o1)NCC(C)(C)SC.I. The van der Waals surface area contributed by atoms with E-state index < -0.39 is 0 Å². The first kappa shape index (κ1) is 20.2. The zero-order valence-electron chi connectivity index (χ0n) is 14.2. The van der Waals surface area contributed by atoms with E-state index in [1.54, 1.807) is 7.05 Å². The monoisotopic (exact) mass is 447 g/mol. The molecule has 0 bridgehead atoms. The molecule has 0 fully saturated rings. The molecule has 0 aliphatic carbocycles. The fourth-order valence-electron chi connectivity index (χ4n) is 2.05. The fourth-order valence-corrected chi connectivity index (χ4v) is 2.27. The largest absolute Gasteiger partial charge is 0.461 e. The zero-order valence-corrected chi connectivity index (χ0v) is 17.3. The van der Waals surface area contributed by atoms with Crippen LogP contribution in [0.3, 0.4) is 0 Å². The van der Waals surface area contributed by atoms with Crippen LogP contribution >= 0.6 is 35.7 Å². The molecule has 1 aromatic carbocycles. The number of nitrogens with one attached hydrogen (secondary N) is 2. The summed E-state index contributed by atoms with van der Waals surface area (Å²) < 4.78 is 6.00. The van der Waals surface area contributed by atoms with Crippen LogP contribution in [0.25, 0.3) is 11.0 Å². The lowest BCUT2D eigenvalue weighted by Gasteiger charge is -2.23. The molecule has 0 amide bonds. The minimum atomic E-state index is 0. The van der Waals surface area contributed by atoms with Crippen LogP contribution in [0.1, 0.15) is 19.6 Å². The highest BCUT2D eigenvalue weighted by Gasteiger charge is 2.16. The van der Waals surface area contributed by atoms with Crippen molar-refractivity contribution in [2.24, 2.45) is 4.99 Å². The molecule has 6 heteroatoms. The second-order valence-electron chi connectivity index (χ2n) is 5.82. The van der Waals surface area contributed by atoms with Crippen molar-refractivity contribution in [3.8, 4) is 0 Å². The number of fused-ring (bicyclic) bond motifs is 1. The molecule has 2 N–H and O–H groups in total. The first-order valence-corrected chi connectivity index (χ1v) is 8.74. The summed E-state index contributed by atoms with van der Waals surface area (Å²) in [6.07, 6.45) is 2.96. The van der Waals surface area contributed by atoms with Crippen molar-refractivity contribution in [3.05, 3.63) is 36.1 Å². The summed E-state index contributed by atoms with van der Waals surface area (Å²) in [5.41, 5.74) is 0.946. The van der Waals surface area contributed by atoms with Crippen LogP contribution < -0.4 is 10.6 Å². The molecule has 4 nitrogen and oxygen atoms in total. The van der Waals surface area contributed by atoms with Crippen LogP contribution in [0.5, 0.6) is 0 Å².